The van der Waals surface area contributed by atoms with Crippen LogP contribution in [0.5, 0.6) is 0 Å². The SMILES string of the molecule is O=C(CNC(=O)C1CC(=O)N(c2ccccc2Br)C1)NC1CCCCC1. The number of benzene rings is 1. The molecule has 7 heteroatoms. The molecule has 1 aliphatic heterocycles. The second kappa shape index (κ2) is 8.66. The minimum Gasteiger partial charge on any atom is -0.352 e. The number of amides is 3. The first kappa shape index (κ1) is 18.9. The third-order valence-corrected chi connectivity index (χ3v) is 5.70. The maximum absolute atomic E-state index is 12.4. The van der Waals surface area contributed by atoms with Gasteiger partial charge in [-0.1, -0.05) is 31.4 Å². The van der Waals surface area contributed by atoms with Gasteiger partial charge >= 0.3 is 0 Å². The Hall–Kier alpha value is -1.89. The molecule has 3 rings (SSSR count). The lowest BCUT2D eigenvalue weighted by Gasteiger charge is -2.23. The van der Waals surface area contributed by atoms with E-state index in [0.717, 1.165) is 35.8 Å². The van der Waals surface area contributed by atoms with Gasteiger partial charge in [0.05, 0.1) is 18.2 Å². The second-order valence-electron chi connectivity index (χ2n) is 6.98. The summed E-state index contributed by atoms with van der Waals surface area (Å²) in [5.41, 5.74) is 0.767. The van der Waals surface area contributed by atoms with E-state index in [4.69, 9.17) is 0 Å². The van der Waals surface area contributed by atoms with Crippen molar-refractivity contribution >= 4 is 39.3 Å². The van der Waals surface area contributed by atoms with Crippen molar-refractivity contribution in [3.63, 3.8) is 0 Å². The molecule has 0 aromatic heterocycles. The highest BCUT2D eigenvalue weighted by Crippen LogP contribution is 2.31. The van der Waals surface area contributed by atoms with E-state index in [1.807, 2.05) is 24.3 Å². The van der Waals surface area contributed by atoms with Crippen LogP contribution >= 0.6 is 15.9 Å². The molecule has 1 saturated heterocycles. The fourth-order valence-electron chi connectivity index (χ4n) is 3.62. The fraction of sp³-hybridized carbons (Fsp3) is 0.526. The average Bonchev–Trinajstić information content (AvgIpc) is 3.02. The predicted molar refractivity (Wildman–Crippen MR) is 103 cm³/mol. The highest BCUT2D eigenvalue weighted by molar-refractivity contribution is 9.10. The molecule has 1 aliphatic carbocycles. The first-order chi connectivity index (χ1) is 12.5. The fourth-order valence-corrected chi connectivity index (χ4v) is 4.12. The maximum Gasteiger partial charge on any atom is 0.239 e. The first-order valence-corrected chi connectivity index (χ1v) is 9.96. The summed E-state index contributed by atoms with van der Waals surface area (Å²) in [6.07, 6.45) is 5.71. The van der Waals surface area contributed by atoms with Gasteiger partial charge in [-0.2, -0.15) is 0 Å². The minimum atomic E-state index is -0.433. The van der Waals surface area contributed by atoms with E-state index >= 15 is 0 Å². The molecular weight excluding hydrogens is 398 g/mol. The van der Waals surface area contributed by atoms with Crippen LogP contribution < -0.4 is 15.5 Å². The molecule has 1 aromatic carbocycles. The highest BCUT2D eigenvalue weighted by Gasteiger charge is 2.35. The summed E-state index contributed by atoms with van der Waals surface area (Å²) in [4.78, 5) is 38.3. The van der Waals surface area contributed by atoms with Crippen molar-refractivity contribution in [3.8, 4) is 0 Å². The number of carbonyl (C=O) groups is 3. The molecule has 0 spiro atoms. The molecule has 1 unspecified atom stereocenters. The van der Waals surface area contributed by atoms with Gasteiger partial charge < -0.3 is 15.5 Å². The van der Waals surface area contributed by atoms with Crippen LogP contribution in [0.4, 0.5) is 5.69 Å². The summed E-state index contributed by atoms with van der Waals surface area (Å²) in [6.45, 7) is 0.298. The Morgan fingerprint density at radius 2 is 1.88 bits per heavy atom. The van der Waals surface area contributed by atoms with E-state index in [1.54, 1.807) is 4.90 Å². The van der Waals surface area contributed by atoms with E-state index in [2.05, 4.69) is 26.6 Å². The van der Waals surface area contributed by atoms with Crippen LogP contribution in [0.1, 0.15) is 38.5 Å². The summed E-state index contributed by atoms with van der Waals surface area (Å²) in [5.74, 6) is -0.912. The van der Waals surface area contributed by atoms with Gasteiger partial charge in [0.2, 0.25) is 17.7 Å². The molecule has 26 heavy (non-hydrogen) atoms. The number of hydrogen-bond acceptors (Lipinski definition) is 3. The lowest BCUT2D eigenvalue weighted by Crippen LogP contribution is -2.44. The molecule has 2 aliphatic rings. The molecule has 1 saturated carbocycles. The summed E-state index contributed by atoms with van der Waals surface area (Å²) in [5, 5.41) is 5.66. The van der Waals surface area contributed by atoms with Crippen LogP contribution in [-0.2, 0) is 14.4 Å². The number of rotatable bonds is 5. The number of hydrogen-bond donors (Lipinski definition) is 2. The summed E-state index contributed by atoms with van der Waals surface area (Å²) < 4.78 is 0.821. The molecule has 0 radical (unpaired) electrons. The zero-order chi connectivity index (χ0) is 18.5. The van der Waals surface area contributed by atoms with Crippen molar-refractivity contribution in [1.29, 1.82) is 0 Å². The van der Waals surface area contributed by atoms with Gasteiger partial charge in [0.25, 0.3) is 0 Å². The van der Waals surface area contributed by atoms with Gasteiger partial charge in [-0.25, -0.2) is 0 Å². The second-order valence-corrected chi connectivity index (χ2v) is 7.83. The quantitative estimate of drug-likeness (QED) is 0.765. The topological polar surface area (TPSA) is 78.5 Å². The third kappa shape index (κ3) is 4.63. The van der Waals surface area contributed by atoms with Crippen LogP contribution in [-0.4, -0.2) is 36.9 Å². The first-order valence-electron chi connectivity index (χ1n) is 9.16. The van der Waals surface area contributed by atoms with Crippen molar-refractivity contribution in [2.24, 2.45) is 5.92 Å². The molecule has 3 amide bonds. The van der Waals surface area contributed by atoms with Crippen LogP contribution in [0.2, 0.25) is 0 Å². The van der Waals surface area contributed by atoms with Crippen LogP contribution in [0.25, 0.3) is 0 Å². The van der Waals surface area contributed by atoms with Gasteiger partial charge in [0.15, 0.2) is 0 Å². The normalized spacial score (nSPS) is 20.9. The van der Waals surface area contributed by atoms with E-state index in [1.165, 1.54) is 6.42 Å². The Morgan fingerprint density at radius 3 is 2.62 bits per heavy atom. The molecule has 140 valence electrons. The van der Waals surface area contributed by atoms with Crippen molar-refractivity contribution in [2.75, 3.05) is 18.0 Å². The Morgan fingerprint density at radius 1 is 1.15 bits per heavy atom. The highest BCUT2D eigenvalue weighted by atomic mass is 79.9. The molecule has 0 bridgehead atoms. The maximum atomic E-state index is 12.4. The zero-order valence-electron chi connectivity index (χ0n) is 14.7. The predicted octanol–water partition coefficient (Wildman–Crippen LogP) is 2.37. The van der Waals surface area contributed by atoms with E-state index in [9.17, 15) is 14.4 Å². The third-order valence-electron chi connectivity index (χ3n) is 5.03. The number of para-hydroxylation sites is 1. The number of anilines is 1. The van der Waals surface area contributed by atoms with Crippen molar-refractivity contribution < 1.29 is 14.4 Å². The van der Waals surface area contributed by atoms with Gasteiger partial charge in [0.1, 0.15) is 0 Å². The molecule has 1 heterocycles. The molecule has 2 N–H and O–H groups in total. The molecule has 6 nitrogen and oxygen atoms in total. The monoisotopic (exact) mass is 421 g/mol. The van der Waals surface area contributed by atoms with Crippen molar-refractivity contribution in [1.82, 2.24) is 10.6 Å². The summed E-state index contributed by atoms with van der Waals surface area (Å²) in [6, 6.07) is 7.68. The van der Waals surface area contributed by atoms with Gasteiger partial charge in [-0.05, 0) is 40.9 Å². The van der Waals surface area contributed by atoms with Crippen LogP contribution in [0, 0.1) is 5.92 Å². The zero-order valence-corrected chi connectivity index (χ0v) is 16.3. The Kier molecular flexibility index (Phi) is 6.29. The van der Waals surface area contributed by atoms with Crippen molar-refractivity contribution in [3.05, 3.63) is 28.7 Å². The van der Waals surface area contributed by atoms with Crippen LogP contribution in [0.3, 0.4) is 0 Å². The number of halogens is 1. The van der Waals surface area contributed by atoms with Gasteiger partial charge in [-0.3, -0.25) is 14.4 Å². The molecule has 1 aromatic rings. The summed E-state index contributed by atoms with van der Waals surface area (Å²) in [7, 11) is 0. The average molecular weight is 422 g/mol. The minimum absolute atomic E-state index is 0.0327. The standard InChI is InChI=1S/C19H24BrN3O3/c20-15-8-4-5-9-16(15)23-12-13(10-18(23)25)19(26)21-11-17(24)22-14-6-2-1-3-7-14/h4-5,8-9,13-14H,1-3,6-7,10-12H2,(H,21,26)(H,22,24). The molecular formula is C19H24BrN3O3. The summed E-state index contributed by atoms with van der Waals surface area (Å²) >= 11 is 3.44. The Bertz CT molecular complexity index is 688. The van der Waals surface area contributed by atoms with E-state index < -0.39 is 5.92 Å². The lowest BCUT2D eigenvalue weighted by atomic mass is 9.95. The largest absolute Gasteiger partial charge is 0.352 e. The molecule has 1 atom stereocenters. The smallest absolute Gasteiger partial charge is 0.239 e. The molecule has 2 fully saturated rings. The number of nitrogens with zero attached hydrogens (tertiary/aromatic N) is 1. The van der Waals surface area contributed by atoms with E-state index in [0.29, 0.717) is 6.54 Å². The van der Waals surface area contributed by atoms with E-state index in [-0.39, 0.29) is 36.7 Å². The van der Waals surface area contributed by atoms with Gasteiger partial charge in [-0.15, -0.1) is 0 Å². The number of carbonyl (C=O) groups excluding carboxylic acids is 3. The Labute approximate surface area is 161 Å². The van der Waals surface area contributed by atoms with Crippen LogP contribution in [0.15, 0.2) is 28.7 Å². The van der Waals surface area contributed by atoms with Gasteiger partial charge in [0, 0.05) is 23.5 Å². The van der Waals surface area contributed by atoms with Crippen molar-refractivity contribution in [2.45, 2.75) is 44.6 Å². The Balaban J connectivity index is 1.48. The number of nitrogens with one attached hydrogen (secondary N) is 2. The lowest BCUT2D eigenvalue weighted by molar-refractivity contribution is -0.129.